The first kappa shape index (κ1) is 9.85. The molecule has 17 heavy (non-hydrogen) atoms. The Balaban J connectivity index is 2.65. The molecule has 0 bridgehead atoms. The normalized spacial score (nSPS) is 11.1. The molecule has 0 spiro atoms. The average Bonchev–Trinajstić information content (AvgIpc) is 2.78. The molecule has 9 heteroatoms. The summed E-state index contributed by atoms with van der Waals surface area (Å²) in [6, 6.07) is 1.58. The van der Waals surface area contributed by atoms with Crippen LogP contribution in [0.25, 0.3) is 16.6 Å². The predicted octanol–water partition coefficient (Wildman–Crippen LogP) is 1.23. The smallest absolute Gasteiger partial charge is 0.262 e. The van der Waals surface area contributed by atoms with Crippen LogP contribution in [0, 0.1) is 10.1 Å². The van der Waals surface area contributed by atoms with Gasteiger partial charge in [0.15, 0.2) is 0 Å². The van der Waals surface area contributed by atoms with Gasteiger partial charge in [-0.25, -0.2) is 0 Å². The number of tetrazole rings is 1. The molecule has 3 aromatic rings. The van der Waals surface area contributed by atoms with Gasteiger partial charge in [-0.15, -0.1) is 5.10 Å². The van der Waals surface area contributed by atoms with E-state index in [-0.39, 0.29) is 16.4 Å². The molecule has 3 aromatic heterocycles. The van der Waals surface area contributed by atoms with Gasteiger partial charge in [-0.05, 0) is 16.5 Å². The molecule has 0 atom stereocenters. The Bertz CT molecular complexity index is 754. The highest BCUT2D eigenvalue weighted by atomic mass is 35.5. The monoisotopic (exact) mass is 250 g/mol. The van der Waals surface area contributed by atoms with Gasteiger partial charge in [0.1, 0.15) is 5.02 Å². The van der Waals surface area contributed by atoms with Gasteiger partial charge in [0.05, 0.1) is 16.6 Å². The minimum Gasteiger partial charge on any atom is -0.262 e. The molecule has 0 radical (unpaired) electrons. The second kappa shape index (κ2) is 3.32. The molecule has 0 saturated heterocycles. The fraction of sp³-hybridized carbons (Fsp3) is 0. The van der Waals surface area contributed by atoms with Crippen LogP contribution in [0.4, 0.5) is 5.69 Å². The standard InChI is InChI=1S/C8H3ClN6O2/c9-6-4-1-2-10-3-5(4)14-8(11-12-13-14)7(6)15(16)17/h1-3H. The van der Waals surface area contributed by atoms with E-state index < -0.39 is 4.92 Å². The van der Waals surface area contributed by atoms with Crippen LogP contribution < -0.4 is 0 Å². The number of aromatic nitrogens is 5. The third-order valence-corrected chi connectivity index (χ3v) is 2.72. The van der Waals surface area contributed by atoms with Gasteiger partial charge in [-0.1, -0.05) is 11.6 Å². The number of rotatable bonds is 1. The van der Waals surface area contributed by atoms with Gasteiger partial charge in [-0.3, -0.25) is 15.1 Å². The lowest BCUT2D eigenvalue weighted by Gasteiger charge is -2.02. The van der Waals surface area contributed by atoms with Crippen LogP contribution in [0.2, 0.25) is 5.02 Å². The van der Waals surface area contributed by atoms with Crippen molar-refractivity contribution in [1.29, 1.82) is 0 Å². The first-order valence-corrected chi connectivity index (χ1v) is 4.85. The lowest BCUT2D eigenvalue weighted by Crippen LogP contribution is -1.99. The van der Waals surface area contributed by atoms with Crippen molar-refractivity contribution in [2.24, 2.45) is 0 Å². The minimum absolute atomic E-state index is 0.000463. The molecular weight excluding hydrogens is 248 g/mol. The van der Waals surface area contributed by atoms with Crippen molar-refractivity contribution in [3.8, 4) is 0 Å². The van der Waals surface area contributed by atoms with Crippen LogP contribution in [0.5, 0.6) is 0 Å². The Morgan fingerprint density at radius 2 is 2.29 bits per heavy atom. The van der Waals surface area contributed by atoms with Crippen molar-refractivity contribution in [1.82, 2.24) is 25.0 Å². The Morgan fingerprint density at radius 3 is 3.06 bits per heavy atom. The highest BCUT2D eigenvalue weighted by molar-refractivity contribution is 6.38. The van der Waals surface area contributed by atoms with Crippen molar-refractivity contribution >= 4 is 33.8 Å². The molecule has 84 valence electrons. The van der Waals surface area contributed by atoms with Gasteiger partial charge in [0, 0.05) is 11.6 Å². The highest BCUT2D eigenvalue weighted by Crippen LogP contribution is 2.34. The fourth-order valence-corrected chi connectivity index (χ4v) is 1.94. The molecule has 0 aliphatic heterocycles. The molecule has 0 saturated carbocycles. The summed E-state index contributed by atoms with van der Waals surface area (Å²) in [4.78, 5) is 14.3. The maximum Gasteiger partial charge on any atom is 0.334 e. The summed E-state index contributed by atoms with van der Waals surface area (Å²) in [6.07, 6.45) is 2.99. The van der Waals surface area contributed by atoms with Crippen molar-refractivity contribution < 1.29 is 4.92 Å². The van der Waals surface area contributed by atoms with E-state index in [2.05, 4.69) is 20.5 Å². The molecule has 0 unspecified atom stereocenters. The van der Waals surface area contributed by atoms with E-state index in [1.165, 1.54) is 16.9 Å². The van der Waals surface area contributed by atoms with Gasteiger partial charge in [-0.2, -0.15) is 4.52 Å². The van der Waals surface area contributed by atoms with Crippen LogP contribution >= 0.6 is 11.6 Å². The number of nitrogens with zero attached hydrogens (tertiary/aromatic N) is 6. The molecule has 0 N–H and O–H groups in total. The number of hydrogen-bond acceptors (Lipinski definition) is 6. The topological polar surface area (TPSA) is 99.1 Å². The van der Waals surface area contributed by atoms with Gasteiger partial charge in [0.25, 0.3) is 5.65 Å². The molecule has 0 aliphatic rings. The molecule has 8 nitrogen and oxygen atoms in total. The minimum atomic E-state index is -0.603. The van der Waals surface area contributed by atoms with E-state index >= 15 is 0 Å². The first-order chi connectivity index (χ1) is 8.20. The summed E-state index contributed by atoms with van der Waals surface area (Å²) < 4.78 is 1.24. The van der Waals surface area contributed by atoms with Crippen LogP contribution in [-0.4, -0.2) is 29.9 Å². The van der Waals surface area contributed by atoms with Gasteiger partial charge in [0.2, 0.25) is 0 Å². The van der Waals surface area contributed by atoms with E-state index in [4.69, 9.17) is 11.6 Å². The van der Waals surface area contributed by atoms with Crippen LogP contribution in [0.15, 0.2) is 18.5 Å². The number of hydrogen-bond donors (Lipinski definition) is 0. The van der Waals surface area contributed by atoms with Crippen molar-refractivity contribution in [3.63, 3.8) is 0 Å². The number of fused-ring (bicyclic) bond motifs is 3. The summed E-state index contributed by atoms with van der Waals surface area (Å²) in [6.45, 7) is 0. The van der Waals surface area contributed by atoms with E-state index in [9.17, 15) is 10.1 Å². The third kappa shape index (κ3) is 1.24. The highest BCUT2D eigenvalue weighted by Gasteiger charge is 2.24. The van der Waals surface area contributed by atoms with Gasteiger partial charge >= 0.3 is 5.69 Å². The Hall–Kier alpha value is -2.35. The molecule has 0 aliphatic carbocycles. The lowest BCUT2D eigenvalue weighted by molar-refractivity contribution is -0.383. The van der Waals surface area contributed by atoms with Crippen molar-refractivity contribution in [2.75, 3.05) is 0 Å². The van der Waals surface area contributed by atoms with Crippen molar-refractivity contribution in [3.05, 3.63) is 33.6 Å². The second-order valence-electron chi connectivity index (χ2n) is 3.23. The zero-order valence-corrected chi connectivity index (χ0v) is 8.87. The molecule has 0 aromatic carbocycles. The van der Waals surface area contributed by atoms with Gasteiger partial charge < -0.3 is 0 Å². The largest absolute Gasteiger partial charge is 0.334 e. The van der Waals surface area contributed by atoms with Crippen LogP contribution in [0.1, 0.15) is 0 Å². The maximum atomic E-state index is 11.0. The SMILES string of the molecule is O=[N+]([O-])c1c(Cl)c2ccncc2n2nnnc12. The third-order valence-electron chi connectivity index (χ3n) is 2.34. The predicted molar refractivity (Wildman–Crippen MR) is 57.7 cm³/mol. The molecule has 3 heterocycles. The van der Waals surface area contributed by atoms with E-state index in [0.717, 1.165) is 0 Å². The average molecular weight is 251 g/mol. The Labute approximate surface area is 98.0 Å². The fourth-order valence-electron chi connectivity index (χ4n) is 1.63. The van der Waals surface area contributed by atoms with Crippen LogP contribution in [-0.2, 0) is 0 Å². The molecule has 3 rings (SSSR count). The van der Waals surface area contributed by atoms with E-state index in [1.807, 2.05) is 0 Å². The summed E-state index contributed by atoms with van der Waals surface area (Å²) in [5, 5.41) is 22.2. The quantitative estimate of drug-likeness (QED) is 0.476. The summed E-state index contributed by atoms with van der Waals surface area (Å²) in [7, 11) is 0. The first-order valence-electron chi connectivity index (χ1n) is 4.48. The van der Waals surface area contributed by atoms with Crippen molar-refractivity contribution in [2.45, 2.75) is 0 Å². The summed E-state index contributed by atoms with van der Waals surface area (Å²) in [5.74, 6) is 0. The van der Waals surface area contributed by atoms with E-state index in [1.54, 1.807) is 6.07 Å². The summed E-state index contributed by atoms with van der Waals surface area (Å²) in [5.41, 5.74) is 0.207. The molecule has 0 fully saturated rings. The Kier molecular flexibility index (Phi) is 1.92. The molecular formula is C8H3ClN6O2. The Morgan fingerprint density at radius 1 is 1.47 bits per heavy atom. The maximum absolute atomic E-state index is 11.0. The van der Waals surface area contributed by atoms with E-state index in [0.29, 0.717) is 10.9 Å². The van der Waals surface area contributed by atoms with Crippen LogP contribution in [0.3, 0.4) is 0 Å². The second-order valence-corrected chi connectivity index (χ2v) is 3.60. The number of halogens is 1. The molecule has 0 amide bonds. The zero-order chi connectivity index (χ0) is 12.0. The number of nitro groups is 1. The lowest BCUT2D eigenvalue weighted by atomic mass is 10.2. The number of pyridine rings is 2. The zero-order valence-electron chi connectivity index (χ0n) is 8.11. The summed E-state index contributed by atoms with van der Waals surface area (Å²) >= 11 is 5.99.